The average molecular weight is 408 g/mol. The normalized spacial score (nSPS) is 18.0. The van der Waals surface area contributed by atoms with Crippen LogP contribution in [0, 0.1) is 5.92 Å². The average Bonchev–Trinajstić information content (AvgIpc) is 3.64. The molecule has 0 spiro atoms. The van der Waals surface area contributed by atoms with Crippen LogP contribution >= 0.6 is 0 Å². The van der Waals surface area contributed by atoms with Crippen LogP contribution in [-0.2, 0) is 16.2 Å². The lowest BCUT2D eigenvalue weighted by molar-refractivity contribution is -0.135. The molecule has 158 valence electrons. The van der Waals surface area contributed by atoms with Crippen LogP contribution in [-0.4, -0.2) is 53.8 Å². The monoisotopic (exact) mass is 407 g/mol. The molecule has 0 aromatic heterocycles. The van der Waals surface area contributed by atoms with Crippen molar-refractivity contribution in [1.29, 1.82) is 0 Å². The number of benzene rings is 2. The van der Waals surface area contributed by atoms with Crippen molar-refractivity contribution in [3.63, 3.8) is 0 Å². The third-order valence-corrected chi connectivity index (χ3v) is 5.85. The maximum Gasteiger partial charge on any atom is 0.241 e. The minimum atomic E-state index is -0.239. The number of amides is 2. The molecule has 0 bridgehead atoms. The highest BCUT2D eigenvalue weighted by atomic mass is 16.5. The predicted octanol–water partition coefficient (Wildman–Crippen LogP) is 3.15. The molecular weight excluding hydrogens is 378 g/mol. The predicted molar refractivity (Wildman–Crippen MR) is 116 cm³/mol. The van der Waals surface area contributed by atoms with Crippen molar-refractivity contribution in [2.24, 2.45) is 5.92 Å². The van der Waals surface area contributed by atoms with Crippen molar-refractivity contribution in [2.75, 3.05) is 31.5 Å². The molecule has 6 heteroatoms. The van der Waals surface area contributed by atoms with Gasteiger partial charge in [-0.1, -0.05) is 30.3 Å². The first-order valence-electron chi connectivity index (χ1n) is 10.7. The Labute approximate surface area is 177 Å². The van der Waals surface area contributed by atoms with E-state index >= 15 is 0 Å². The Morgan fingerprint density at radius 1 is 1.00 bits per heavy atom. The van der Waals surface area contributed by atoms with E-state index in [4.69, 9.17) is 4.74 Å². The second kappa shape index (κ2) is 9.30. The molecule has 1 atom stereocenters. The molecule has 1 aliphatic carbocycles. The molecular formula is C24H29N3O3. The van der Waals surface area contributed by atoms with Gasteiger partial charge in [-0.05, 0) is 49.6 Å². The zero-order chi connectivity index (χ0) is 20.9. The number of ether oxygens (including phenoxy) is 1. The number of rotatable bonds is 7. The maximum absolute atomic E-state index is 12.7. The number of nitrogens with one attached hydrogen (secondary N) is 1. The molecule has 1 saturated carbocycles. The van der Waals surface area contributed by atoms with E-state index in [1.165, 1.54) is 0 Å². The van der Waals surface area contributed by atoms with Crippen molar-refractivity contribution in [2.45, 2.75) is 32.4 Å². The van der Waals surface area contributed by atoms with Crippen molar-refractivity contribution in [1.82, 2.24) is 9.80 Å². The van der Waals surface area contributed by atoms with Crippen molar-refractivity contribution >= 4 is 17.5 Å². The lowest BCUT2D eigenvalue weighted by Gasteiger charge is -2.37. The topological polar surface area (TPSA) is 61.9 Å². The summed E-state index contributed by atoms with van der Waals surface area (Å²) >= 11 is 0. The minimum absolute atomic E-state index is 0.0325. The molecule has 1 aliphatic heterocycles. The van der Waals surface area contributed by atoms with E-state index in [-0.39, 0.29) is 17.9 Å². The Morgan fingerprint density at radius 3 is 2.30 bits per heavy atom. The number of carbonyl (C=O) groups excluding carboxylic acids is 2. The highest BCUT2D eigenvalue weighted by molar-refractivity contribution is 5.94. The van der Waals surface area contributed by atoms with Gasteiger partial charge in [0.05, 0.1) is 6.04 Å². The summed E-state index contributed by atoms with van der Waals surface area (Å²) in [6, 6.07) is 17.2. The van der Waals surface area contributed by atoms with E-state index in [1.807, 2.05) is 66.4 Å². The molecule has 30 heavy (non-hydrogen) atoms. The molecule has 2 aliphatic rings. The largest absolute Gasteiger partial charge is 0.489 e. The Kier molecular flexibility index (Phi) is 6.33. The number of hydrogen-bond donors (Lipinski definition) is 1. The molecule has 1 saturated heterocycles. The maximum atomic E-state index is 12.7. The van der Waals surface area contributed by atoms with Gasteiger partial charge in [-0.2, -0.15) is 0 Å². The highest BCUT2D eigenvalue weighted by Crippen LogP contribution is 2.31. The summed E-state index contributed by atoms with van der Waals surface area (Å²) in [6.45, 7) is 5.32. The fourth-order valence-corrected chi connectivity index (χ4v) is 3.71. The molecule has 4 rings (SSSR count). The van der Waals surface area contributed by atoms with Crippen molar-refractivity contribution < 1.29 is 14.3 Å². The number of nitrogens with zero attached hydrogens (tertiary/aromatic N) is 2. The number of piperazine rings is 1. The van der Waals surface area contributed by atoms with E-state index in [0.29, 0.717) is 25.6 Å². The summed E-state index contributed by atoms with van der Waals surface area (Å²) in [4.78, 5) is 29.0. The lowest BCUT2D eigenvalue weighted by atomic mass is 10.2. The van der Waals surface area contributed by atoms with Crippen molar-refractivity contribution in [3.05, 3.63) is 60.2 Å². The van der Waals surface area contributed by atoms with Crippen LogP contribution in [0.15, 0.2) is 54.6 Å². The van der Waals surface area contributed by atoms with Gasteiger partial charge in [0.25, 0.3) is 0 Å². The zero-order valence-corrected chi connectivity index (χ0v) is 17.4. The number of anilines is 1. The zero-order valence-electron chi connectivity index (χ0n) is 17.4. The van der Waals surface area contributed by atoms with Crippen LogP contribution < -0.4 is 10.1 Å². The first kappa shape index (κ1) is 20.4. The molecule has 6 nitrogen and oxygen atoms in total. The van der Waals surface area contributed by atoms with Gasteiger partial charge in [0.2, 0.25) is 11.8 Å². The summed E-state index contributed by atoms with van der Waals surface area (Å²) in [6.07, 6.45) is 2.07. The quantitative estimate of drug-likeness (QED) is 0.766. The van der Waals surface area contributed by atoms with Crippen LogP contribution in [0.5, 0.6) is 5.75 Å². The van der Waals surface area contributed by atoms with E-state index in [1.54, 1.807) is 0 Å². The van der Waals surface area contributed by atoms with Crippen molar-refractivity contribution in [3.8, 4) is 5.75 Å². The number of hydrogen-bond acceptors (Lipinski definition) is 4. The summed E-state index contributed by atoms with van der Waals surface area (Å²) in [5.41, 5.74) is 1.86. The summed E-state index contributed by atoms with van der Waals surface area (Å²) in [5.74, 6) is 1.29. The summed E-state index contributed by atoms with van der Waals surface area (Å²) in [7, 11) is 0. The molecule has 1 heterocycles. The van der Waals surface area contributed by atoms with E-state index in [2.05, 4.69) is 10.2 Å². The molecule has 2 aromatic carbocycles. The third-order valence-electron chi connectivity index (χ3n) is 5.85. The van der Waals surface area contributed by atoms with Gasteiger partial charge in [0.15, 0.2) is 0 Å². The minimum Gasteiger partial charge on any atom is -0.489 e. The van der Waals surface area contributed by atoms with Gasteiger partial charge in [-0.15, -0.1) is 0 Å². The number of carbonyl (C=O) groups is 2. The summed E-state index contributed by atoms with van der Waals surface area (Å²) < 4.78 is 5.79. The fraction of sp³-hybridized carbons (Fsp3) is 0.417. The van der Waals surface area contributed by atoms with Gasteiger partial charge in [-0.3, -0.25) is 14.5 Å². The van der Waals surface area contributed by atoms with Gasteiger partial charge in [0.1, 0.15) is 12.4 Å². The van der Waals surface area contributed by atoms with Crippen LogP contribution in [0.25, 0.3) is 0 Å². The van der Waals surface area contributed by atoms with Crippen LogP contribution in [0.3, 0.4) is 0 Å². The smallest absolute Gasteiger partial charge is 0.241 e. The second-order valence-corrected chi connectivity index (χ2v) is 8.10. The first-order chi connectivity index (χ1) is 14.6. The Bertz CT molecular complexity index is 857. The highest BCUT2D eigenvalue weighted by Gasteiger charge is 2.35. The molecule has 1 N–H and O–H groups in total. The van der Waals surface area contributed by atoms with Crippen LogP contribution in [0.1, 0.15) is 25.3 Å². The lowest BCUT2D eigenvalue weighted by Crippen LogP contribution is -2.54. The molecule has 2 fully saturated rings. The summed E-state index contributed by atoms with van der Waals surface area (Å²) in [5, 5.41) is 2.99. The van der Waals surface area contributed by atoms with Crippen LogP contribution in [0.4, 0.5) is 5.69 Å². The molecule has 1 unspecified atom stereocenters. The standard InChI is InChI=1S/C24H29N3O3/c1-18(26-13-15-27(16-14-26)24(29)20-7-8-20)23(28)25-21-9-11-22(12-10-21)30-17-19-5-3-2-4-6-19/h2-6,9-12,18,20H,7-8,13-17H2,1H3,(H,25,28). The Balaban J connectivity index is 1.23. The Morgan fingerprint density at radius 2 is 1.67 bits per heavy atom. The van der Waals surface area contributed by atoms with E-state index in [9.17, 15) is 9.59 Å². The van der Waals surface area contributed by atoms with Gasteiger partial charge < -0.3 is 15.0 Å². The molecule has 2 amide bonds. The second-order valence-electron chi connectivity index (χ2n) is 8.10. The Hall–Kier alpha value is -2.86. The van der Waals surface area contributed by atoms with Gasteiger partial charge in [0, 0.05) is 37.8 Å². The van der Waals surface area contributed by atoms with E-state index in [0.717, 1.165) is 42.9 Å². The van der Waals surface area contributed by atoms with E-state index < -0.39 is 0 Å². The van der Waals surface area contributed by atoms with Gasteiger partial charge >= 0.3 is 0 Å². The molecule has 2 aromatic rings. The third kappa shape index (κ3) is 5.19. The molecule has 0 radical (unpaired) electrons. The SMILES string of the molecule is CC(C(=O)Nc1ccc(OCc2ccccc2)cc1)N1CCN(C(=O)C2CC2)CC1. The van der Waals surface area contributed by atoms with Gasteiger partial charge in [-0.25, -0.2) is 0 Å². The fourth-order valence-electron chi connectivity index (χ4n) is 3.71. The first-order valence-corrected chi connectivity index (χ1v) is 10.7. The van der Waals surface area contributed by atoms with Crippen LogP contribution in [0.2, 0.25) is 0 Å².